The number of aryl methyl sites for hydroxylation is 2. The molecule has 4 aromatic carbocycles. The molecule has 0 saturated heterocycles. The van der Waals surface area contributed by atoms with Crippen LogP contribution >= 0.6 is 0 Å². The van der Waals surface area contributed by atoms with Crippen LogP contribution in [0.15, 0.2) is 72.8 Å². The van der Waals surface area contributed by atoms with E-state index in [1.807, 2.05) is 90.1 Å². The van der Waals surface area contributed by atoms with Gasteiger partial charge in [-0.3, -0.25) is 9.59 Å². The van der Waals surface area contributed by atoms with Crippen molar-refractivity contribution >= 4 is 51.3 Å². The Balaban J connectivity index is 1.99. The Morgan fingerprint density at radius 1 is 0.453 bits per heavy atom. The highest BCUT2D eigenvalue weighted by Crippen LogP contribution is 2.49. The lowest BCUT2D eigenvalue weighted by Crippen LogP contribution is -2.50. The van der Waals surface area contributed by atoms with E-state index in [-0.39, 0.29) is 11.9 Å². The molecule has 0 heterocycles. The average Bonchev–Trinajstić information content (AvgIpc) is 3.17. The molecule has 0 atom stereocenters. The third-order valence-corrected chi connectivity index (χ3v) is 24.8. The Labute approximate surface area is 388 Å². The average molecular weight is 909 g/mol. The molecular weight excluding hydrogens is 829 g/mol. The first-order chi connectivity index (χ1) is 29.5. The highest BCUT2D eigenvalue weighted by molar-refractivity contribution is 6.78. The number of nitrogens with one attached hydrogen (secondary N) is 2. The number of carbonyl (C=O) groups excluding carboxylic acids is 2. The lowest BCUT2D eigenvalue weighted by Gasteiger charge is -2.43. The number of ether oxygens (including phenoxy) is 2. The van der Waals surface area contributed by atoms with Crippen molar-refractivity contribution in [2.45, 2.75) is 172 Å². The fourth-order valence-corrected chi connectivity index (χ4v) is 20.0. The summed E-state index contributed by atoms with van der Waals surface area (Å²) in [4.78, 5) is 25.5. The van der Waals surface area contributed by atoms with Crippen LogP contribution < -0.4 is 29.0 Å². The predicted molar refractivity (Wildman–Crippen MR) is 274 cm³/mol. The largest absolute Gasteiger partial charge is 0.542 e. The van der Waals surface area contributed by atoms with Gasteiger partial charge in [0.1, 0.15) is 23.0 Å². The van der Waals surface area contributed by atoms with Gasteiger partial charge >= 0.3 is 11.9 Å². The lowest BCUT2D eigenvalue weighted by atomic mass is 9.96. The first kappa shape index (κ1) is 52.1. The topological polar surface area (TPSA) is 95.1 Å². The van der Waals surface area contributed by atoms with Crippen LogP contribution in [0.2, 0.25) is 33.2 Å². The summed E-state index contributed by atoms with van der Waals surface area (Å²) in [6.45, 7) is 43.1. The van der Waals surface area contributed by atoms with Gasteiger partial charge < -0.3 is 29.0 Å². The van der Waals surface area contributed by atoms with E-state index in [0.29, 0.717) is 44.7 Å². The second-order valence-electron chi connectivity index (χ2n) is 21.7. The first-order valence-electron chi connectivity index (χ1n) is 23.4. The van der Waals surface area contributed by atoms with E-state index in [1.54, 1.807) is 0 Å². The summed E-state index contributed by atoms with van der Waals surface area (Å²) in [6.07, 6.45) is 0. The third-order valence-electron chi connectivity index (χ3n) is 12.8. The van der Waals surface area contributed by atoms with Gasteiger partial charge in [-0.15, -0.1) is 0 Å². The molecular formula is C54H80N2O6Si2. The Hall–Kier alpha value is -4.55. The number of esters is 2. The van der Waals surface area contributed by atoms with Crippen LogP contribution in [0.25, 0.3) is 11.1 Å². The van der Waals surface area contributed by atoms with E-state index < -0.39 is 27.5 Å². The maximum Gasteiger partial charge on any atom is 0.316 e. The SMILES string of the molecule is Cc1cc(-c2cc(C)c(O[Si](C(C)C)(C(C)C)C(C)C)cc2Nc2ccc(OC(=O)C(C)(C)C)cc2)c(Nc2ccc(OC(=O)C(C)(C)C)cc2)cc1O[Si](C(C)C)(C(C)C)C(C)C. The number of hydrogen-bond donors (Lipinski definition) is 2. The number of anilines is 4. The van der Waals surface area contributed by atoms with Crippen LogP contribution in [0.1, 0.15) is 136 Å². The standard InChI is InChI=1S/C54H80N2O6Si2/c1-33(2)63(34(3)4,35(5)6)61-49-31-47(55-41-21-25-43(26-22-41)59-51(57)53(15,16)17)45(29-39(49)13)46-30-40(14)50(62-64(36(7)8,37(9)10)38(11)12)32-48(46)56-42-23-27-44(28-24-42)60-52(58)54(18,19)20/h21-38,55-56H,1-20H3. The predicted octanol–water partition coefficient (Wildman–Crippen LogP) is 16.5. The maximum atomic E-state index is 12.7. The van der Waals surface area contributed by atoms with Crippen molar-refractivity contribution < 1.29 is 27.9 Å². The molecule has 0 saturated carbocycles. The molecule has 0 amide bonds. The van der Waals surface area contributed by atoms with Gasteiger partial charge in [-0.25, -0.2) is 0 Å². The van der Waals surface area contributed by atoms with Crippen molar-refractivity contribution in [1.82, 2.24) is 0 Å². The lowest BCUT2D eigenvalue weighted by molar-refractivity contribution is -0.143. The summed E-state index contributed by atoms with van der Waals surface area (Å²) < 4.78 is 26.3. The van der Waals surface area contributed by atoms with Gasteiger partial charge in [-0.05, 0) is 160 Å². The van der Waals surface area contributed by atoms with Crippen molar-refractivity contribution in [3.05, 3.63) is 83.9 Å². The van der Waals surface area contributed by atoms with Crippen LogP contribution in [0, 0.1) is 24.7 Å². The molecule has 64 heavy (non-hydrogen) atoms. The second kappa shape index (κ2) is 20.3. The monoisotopic (exact) mass is 909 g/mol. The van der Waals surface area contributed by atoms with Crippen LogP contribution in [-0.2, 0) is 9.59 Å². The minimum absolute atomic E-state index is 0.289. The fraction of sp³-hybridized carbons (Fsp3) is 0.519. The molecule has 0 aliphatic carbocycles. The van der Waals surface area contributed by atoms with Crippen molar-refractivity contribution in [1.29, 1.82) is 0 Å². The molecule has 0 radical (unpaired) electrons. The van der Waals surface area contributed by atoms with Gasteiger partial charge in [-0.1, -0.05) is 83.1 Å². The van der Waals surface area contributed by atoms with Crippen LogP contribution in [0.3, 0.4) is 0 Å². The van der Waals surface area contributed by atoms with E-state index >= 15 is 0 Å². The zero-order valence-electron chi connectivity index (χ0n) is 42.8. The van der Waals surface area contributed by atoms with Gasteiger partial charge in [0.2, 0.25) is 0 Å². The minimum atomic E-state index is -2.34. The molecule has 2 N–H and O–H groups in total. The molecule has 350 valence electrons. The molecule has 0 spiro atoms. The van der Waals surface area contributed by atoms with Gasteiger partial charge in [0.15, 0.2) is 0 Å². The van der Waals surface area contributed by atoms with Crippen LogP contribution in [0.5, 0.6) is 23.0 Å². The zero-order chi connectivity index (χ0) is 48.3. The normalized spacial score (nSPS) is 12.7. The second-order valence-corrected chi connectivity index (χ2v) is 32.5. The Bertz CT molecular complexity index is 2030. The zero-order valence-corrected chi connectivity index (χ0v) is 44.8. The van der Waals surface area contributed by atoms with E-state index in [0.717, 1.165) is 56.5 Å². The highest BCUT2D eigenvalue weighted by Gasteiger charge is 2.48. The summed E-state index contributed by atoms with van der Waals surface area (Å²) in [5, 5.41) is 7.53. The summed E-state index contributed by atoms with van der Waals surface area (Å²) in [7, 11) is -4.68. The Kier molecular flexibility index (Phi) is 16.5. The molecule has 4 aromatic rings. The third kappa shape index (κ3) is 11.6. The number of carbonyl (C=O) groups is 2. The number of benzene rings is 4. The number of hydrogen-bond acceptors (Lipinski definition) is 8. The molecule has 0 aromatic heterocycles. The van der Waals surface area contributed by atoms with Crippen molar-refractivity contribution in [2.75, 3.05) is 10.6 Å². The van der Waals surface area contributed by atoms with Gasteiger partial charge in [-0.2, -0.15) is 0 Å². The van der Waals surface area contributed by atoms with Crippen LogP contribution in [0.4, 0.5) is 22.7 Å². The van der Waals surface area contributed by atoms with Gasteiger partial charge in [0, 0.05) is 34.6 Å². The smallest absolute Gasteiger partial charge is 0.316 e. The minimum Gasteiger partial charge on any atom is -0.542 e. The fourth-order valence-electron chi connectivity index (χ4n) is 9.38. The molecule has 0 fully saturated rings. The quantitative estimate of drug-likeness (QED) is 0.0615. The van der Waals surface area contributed by atoms with Crippen molar-refractivity contribution in [3.8, 4) is 34.1 Å². The van der Waals surface area contributed by atoms with Crippen molar-refractivity contribution in [2.24, 2.45) is 10.8 Å². The molecule has 0 aliphatic rings. The molecule has 10 heteroatoms. The molecule has 0 aliphatic heterocycles. The highest BCUT2D eigenvalue weighted by atomic mass is 28.4. The van der Waals surface area contributed by atoms with E-state index in [4.69, 9.17) is 18.3 Å². The van der Waals surface area contributed by atoms with Crippen molar-refractivity contribution in [3.63, 3.8) is 0 Å². The van der Waals surface area contributed by atoms with E-state index in [2.05, 4.69) is 132 Å². The van der Waals surface area contributed by atoms with E-state index in [9.17, 15) is 9.59 Å². The molecule has 4 rings (SSSR count). The maximum absolute atomic E-state index is 12.7. The van der Waals surface area contributed by atoms with Gasteiger partial charge in [0.05, 0.1) is 22.2 Å². The first-order valence-corrected chi connectivity index (χ1v) is 27.7. The Morgan fingerprint density at radius 3 is 0.953 bits per heavy atom. The molecule has 0 bridgehead atoms. The van der Waals surface area contributed by atoms with E-state index in [1.165, 1.54) is 0 Å². The van der Waals surface area contributed by atoms with Gasteiger partial charge in [0.25, 0.3) is 16.6 Å². The summed E-state index contributed by atoms with van der Waals surface area (Å²) in [5.74, 6) is 2.14. The molecule has 0 unspecified atom stereocenters. The summed E-state index contributed by atoms with van der Waals surface area (Å²) in [6, 6.07) is 23.9. The summed E-state index contributed by atoms with van der Waals surface area (Å²) >= 11 is 0. The van der Waals surface area contributed by atoms with Crippen LogP contribution in [-0.4, -0.2) is 28.6 Å². The number of rotatable bonds is 17. The summed E-state index contributed by atoms with van der Waals surface area (Å²) in [5.41, 5.74) is 8.53. The molecule has 8 nitrogen and oxygen atoms in total. The Morgan fingerprint density at radius 2 is 0.719 bits per heavy atom.